The first kappa shape index (κ1) is 13.5. The van der Waals surface area contributed by atoms with Crippen LogP contribution < -0.4 is 16.0 Å². The largest absolute Gasteiger partial charge is 0.356 e. The van der Waals surface area contributed by atoms with Crippen molar-refractivity contribution in [1.82, 2.24) is 30.9 Å². The molecule has 8 heteroatoms. The van der Waals surface area contributed by atoms with Crippen LogP contribution >= 0.6 is 0 Å². The fourth-order valence-electron chi connectivity index (χ4n) is 1.69. The smallest absolute Gasteiger partial charge is 0.273 e. The van der Waals surface area contributed by atoms with E-state index >= 15 is 0 Å². The zero-order valence-electron chi connectivity index (χ0n) is 10.8. The van der Waals surface area contributed by atoms with Gasteiger partial charge in [-0.15, -0.1) is 5.10 Å². The molecule has 19 heavy (non-hydrogen) atoms. The van der Waals surface area contributed by atoms with Gasteiger partial charge in [0.05, 0.1) is 12.2 Å². The number of hydrogen-bond donors (Lipinski definition) is 3. The fourth-order valence-corrected chi connectivity index (χ4v) is 1.69. The first-order valence-electron chi connectivity index (χ1n) is 6.38. The highest BCUT2D eigenvalue weighted by atomic mass is 16.2. The Morgan fingerprint density at radius 1 is 1.47 bits per heavy atom. The summed E-state index contributed by atoms with van der Waals surface area (Å²) in [4.78, 5) is 23.0. The molecule has 1 aliphatic rings. The minimum Gasteiger partial charge on any atom is -0.356 e. The van der Waals surface area contributed by atoms with Gasteiger partial charge in [0.25, 0.3) is 5.91 Å². The van der Waals surface area contributed by atoms with Gasteiger partial charge >= 0.3 is 0 Å². The SMILES string of the molecule is CCNC(=O)CCNC(=O)c1cn(C2CNC2)nn1. The molecule has 0 aromatic carbocycles. The molecule has 1 aromatic rings. The van der Waals surface area contributed by atoms with Crippen molar-refractivity contribution >= 4 is 11.8 Å². The lowest BCUT2D eigenvalue weighted by Crippen LogP contribution is -2.43. The third kappa shape index (κ3) is 3.50. The summed E-state index contributed by atoms with van der Waals surface area (Å²) in [5.74, 6) is -0.380. The van der Waals surface area contributed by atoms with Gasteiger partial charge in [-0.2, -0.15) is 0 Å². The van der Waals surface area contributed by atoms with Gasteiger partial charge in [0.2, 0.25) is 5.91 Å². The predicted molar refractivity (Wildman–Crippen MR) is 67.6 cm³/mol. The summed E-state index contributed by atoms with van der Waals surface area (Å²) in [5, 5.41) is 16.2. The minimum atomic E-state index is -0.303. The highest BCUT2D eigenvalue weighted by Crippen LogP contribution is 2.09. The van der Waals surface area contributed by atoms with Crippen LogP contribution in [0.5, 0.6) is 0 Å². The average molecular weight is 266 g/mol. The molecule has 104 valence electrons. The Hall–Kier alpha value is -1.96. The number of carbonyl (C=O) groups is 2. The number of nitrogens with one attached hydrogen (secondary N) is 3. The van der Waals surface area contributed by atoms with E-state index in [2.05, 4.69) is 26.3 Å². The van der Waals surface area contributed by atoms with Crippen LogP contribution in [0.25, 0.3) is 0 Å². The molecule has 0 radical (unpaired) electrons. The summed E-state index contributed by atoms with van der Waals surface area (Å²) < 4.78 is 1.69. The molecule has 0 spiro atoms. The van der Waals surface area contributed by atoms with Gasteiger partial charge in [-0.1, -0.05) is 5.21 Å². The highest BCUT2D eigenvalue weighted by molar-refractivity contribution is 5.92. The minimum absolute atomic E-state index is 0.0769. The molecule has 2 rings (SSSR count). The summed E-state index contributed by atoms with van der Waals surface area (Å²) in [6.07, 6.45) is 1.90. The van der Waals surface area contributed by atoms with E-state index in [0.717, 1.165) is 13.1 Å². The van der Waals surface area contributed by atoms with E-state index in [-0.39, 0.29) is 30.0 Å². The van der Waals surface area contributed by atoms with Crippen molar-refractivity contribution in [3.05, 3.63) is 11.9 Å². The number of rotatable bonds is 6. The fraction of sp³-hybridized carbons (Fsp3) is 0.636. The van der Waals surface area contributed by atoms with Gasteiger partial charge in [-0.3, -0.25) is 9.59 Å². The van der Waals surface area contributed by atoms with Crippen LogP contribution in [-0.4, -0.2) is 53.0 Å². The standard InChI is InChI=1S/C11H18N6O2/c1-2-13-10(18)3-4-14-11(19)9-7-17(16-15-9)8-5-12-6-8/h7-8,12H,2-6H2,1H3,(H,13,18)(H,14,19). The van der Waals surface area contributed by atoms with Crippen molar-refractivity contribution in [1.29, 1.82) is 0 Å². The molecule has 1 aromatic heterocycles. The molecular weight excluding hydrogens is 248 g/mol. The van der Waals surface area contributed by atoms with E-state index in [1.807, 2.05) is 6.92 Å². The Bertz CT molecular complexity index is 454. The lowest BCUT2D eigenvalue weighted by atomic mass is 10.2. The zero-order chi connectivity index (χ0) is 13.7. The number of aromatic nitrogens is 3. The van der Waals surface area contributed by atoms with Crippen molar-refractivity contribution in [2.75, 3.05) is 26.2 Å². The van der Waals surface area contributed by atoms with Gasteiger partial charge in [0.1, 0.15) is 0 Å². The van der Waals surface area contributed by atoms with E-state index in [1.165, 1.54) is 0 Å². The molecule has 2 heterocycles. The maximum atomic E-state index is 11.8. The maximum absolute atomic E-state index is 11.8. The van der Waals surface area contributed by atoms with E-state index < -0.39 is 0 Å². The Morgan fingerprint density at radius 2 is 2.26 bits per heavy atom. The second-order valence-corrected chi connectivity index (χ2v) is 4.36. The van der Waals surface area contributed by atoms with Crippen LogP contribution in [0.3, 0.4) is 0 Å². The van der Waals surface area contributed by atoms with Crippen LogP contribution in [0, 0.1) is 0 Å². The summed E-state index contributed by atoms with van der Waals surface area (Å²) in [5.41, 5.74) is 0.280. The molecule has 1 aliphatic heterocycles. The second-order valence-electron chi connectivity index (χ2n) is 4.36. The van der Waals surface area contributed by atoms with Crippen LogP contribution in [0.15, 0.2) is 6.20 Å². The molecule has 3 N–H and O–H groups in total. The second kappa shape index (κ2) is 6.28. The van der Waals surface area contributed by atoms with Crippen molar-refractivity contribution in [3.63, 3.8) is 0 Å². The summed E-state index contributed by atoms with van der Waals surface area (Å²) >= 11 is 0. The van der Waals surface area contributed by atoms with Gasteiger partial charge in [0, 0.05) is 32.6 Å². The number of carbonyl (C=O) groups excluding carboxylic acids is 2. The van der Waals surface area contributed by atoms with Crippen LogP contribution in [0.4, 0.5) is 0 Å². The topological polar surface area (TPSA) is 101 Å². The van der Waals surface area contributed by atoms with Crippen molar-refractivity contribution in [3.8, 4) is 0 Å². The third-order valence-electron chi connectivity index (χ3n) is 2.89. The Balaban J connectivity index is 1.76. The molecule has 0 bridgehead atoms. The number of amides is 2. The van der Waals surface area contributed by atoms with E-state index in [1.54, 1.807) is 10.9 Å². The third-order valence-corrected chi connectivity index (χ3v) is 2.89. The first-order chi connectivity index (χ1) is 9.20. The average Bonchev–Trinajstić information content (AvgIpc) is 2.76. The molecule has 0 saturated carbocycles. The first-order valence-corrected chi connectivity index (χ1v) is 6.38. The molecule has 0 aliphatic carbocycles. The van der Waals surface area contributed by atoms with Crippen molar-refractivity contribution < 1.29 is 9.59 Å². The Labute approximate surface area is 110 Å². The summed E-state index contributed by atoms with van der Waals surface area (Å²) in [7, 11) is 0. The van der Waals surface area contributed by atoms with E-state index in [4.69, 9.17) is 0 Å². The van der Waals surface area contributed by atoms with Crippen LogP contribution in [0.1, 0.15) is 29.9 Å². The monoisotopic (exact) mass is 266 g/mol. The van der Waals surface area contributed by atoms with Gasteiger partial charge in [-0.05, 0) is 6.92 Å². The molecule has 1 saturated heterocycles. The predicted octanol–water partition coefficient (Wildman–Crippen LogP) is -1.32. The molecule has 0 unspecified atom stereocenters. The maximum Gasteiger partial charge on any atom is 0.273 e. The van der Waals surface area contributed by atoms with Crippen molar-refractivity contribution in [2.45, 2.75) is 19.4 Å². The molecule has 2 amide bonds. The lowest BCUT2D eigenvalue weighted by Gasteiger charge is -2.26. The quantitative estimate of drug-likeness (QED) is 0.593. The number of hydrogen-bond acceptors (Lipinski definition) is 5. The normalized spacial score (nSPS) is 14.8. The molecule has 0 atom stereocenters. The molecular formula is C11H18N6O2. The van der Waals surface area contributed by atoms with E-state index in [0.29, 0.717) is 13.1 Å². The number of nitrogens with zero attached hydrogens (tertiary/aromatic N) is 3. The Kier molecular flexibility index (Phi) is 4.45. The Morgan fingerprint density at radius 3 is 2.89 bits per heavy atom. The molecule has 8 nitrogen and oxygen atoms in total. The van der Waals surface area contributed by atoms with Gasteiger partial charge in [0.15, 0.2) is 5.69 Å². The van der Waals surface area contributed by atoms with Gasteiger partial charge in [-0.25, -0.2) is 4.68 Å². The summed E-state index contributed by atoms with van der Waals surface area (Å²) in [6.45, 7) is 4.44. The highest BCUT2D eigenvalue weighted by Gasteiger charge is 2.21. The van der Waals surface area contributed by atoms with Crippen LogP contribution in [-0.2, 0) is 4.79 Å². The van der Waals surface area contributed by atoms with E-state index in [9.17, 15) is 9.59 Å². The van der Waals surface area contributed by atoms with Crippen molar-refractivity contribution in [2.24, 2.45) is 0 Å². The summed E-state index contributed by atoms with van der Waals surface area (Å²) in [6, 6.07) is 0.282. The van der Waals surface area contributed by atoms with Crippen LogP contribution in [0.2, 0.25) is 0 Å². The van der Waals surface area contributed by atoms with Gasteiger partial charge < -0.3 is 16.0 Å². The molecule has 1 fully saturated rings. The lowest BCUT2D eigenvalue weighted by molar-refractivity contribution is -0.120. The zero-order valence-corrected chi connectivity index (χ0v) is 10.8.